The van der Waals surface area contributed by atoms with Gasteiger partial charge >= 0.3 is 0 Å². The van der Waals surface area contributed by atoms with Gasteiger partial charge in [-0.15, -0.1) is 5.10 Å². The Morgan fingerprint density at radius 2 is 1.42 bits per heavy atom. The Labute approximate surface area is 200 Å². The van der Waals surface area contributed by atoms with Gasteiger partial charge < -0.3 is 10.1 Å². The molecule has 1 amide bonds. The van der Waals surface area contributed by atoms with Crippen molar-refractivity contribution in [2.45, 2.75) is 13.2 Å². The van der Waals surface area contributed by atoms with E-state index in [2.05, 4.69) is 10.4 Å². The molecule has 0 aliphatic carbocycles. The predicted molar refractivity (Wildman–Crippen MR) is 128 cm³/mol. The van der Waals surface area contributed by atoms with Crippen LogP contribution in [0, 0.1) is 0 Å². The molecule has 4 aromatic rings. The third-order valence-electron chi connectivity index (χ3n) is 4.82. The molecule has 3 aromatic carbocycles. The first-order valence-corrected chi connectivity index (χ1v) is 10.8. The van der Waals surface area contributed by atoms with Crippen molar-refractivity contribution in [3.8, 4) is 11.6 Å². The van der Waals surface area contributed by atoms with Gasteiger partial charge in [-0.05, 0) is 59.7 Å². The molecule has 33 heavy (non-hydrogen) atoms. The molecule has 0 radical (unpaired) electrons. The van der Waals surface area contributed by atoms with E-state index in [1.807, 2.05) is 24.3 Å². The summed E-state index contributed by atoms with van der Waals surface area (Å²) < 4.78 is 6.93. The van der Waals surface area contributed by atoms with Gasteiger partial charge in [-0.3, -0.25) is 9.59 Å². The fourth-order valence-electron chi connectivity index (χ4n) is 3.03. The Kier molecular flexibility index (Phi) is 7.07. The molecule has 0 unspecified atom stereocenters. The number of halogens is 2. The van der Waals surface area contributed by atoms with E-state index in [1.54, 1.807) is 48.5 Å². The van der Waals surface area contributed by atoms with E-state index in [1.165, 1.54) is 16.8 Å². The molecule has 0 saturated carbocycles. The lowest BCUT2D eigenvalue weighted by Crippen LogP contribution is -2.23. The first kappa shape index (κ1) is 22.6. The smallest absolute Gasteiger partial charge is 0.271 e. The van der Waals surface area contributed by atoms with E-state index in [0.717, 1.165) is 11.1 Å². The SMILES string of the molecule is O=C(NCc1ccc(Cl)cc1)c1ccc(-n2nc(OCc3ccc(Cl)cc3)ccc2=O)cc1. The van der Waals surface area contributed by atoms with E-state index in [-0.39, 0.29) is 18.1 Å². The number of carbonyl (C=O) groups is 1. The maximum Gasteiger partial charge on any atom is 0.271 e. The summed E-state index contributed by atoms with van der Waals surface area (Å²) >= 11 is 11.8. The number of rotatable bonds is 7. The molecule has 4 rings (SSSR count). The second-order valence-electron chi connectivity index (χ2n) is 7.19. The van der Waals surface area contributed by atoms with Crippen molar-refractivity contribution in [3.63, 3.8) is 0 Å². The molecule has 0 atom stereocenters. The van der Waals surface area contributed by atoms with Gasteiger partial charge in [0, 0.05) is 34.3 Å². The van der Waals surface area contributed by atoms with Gasteiger partial charge in [-0.1, -0.05) is 47.5 Å². The summed E-state index contributed by atoms with van der Waals surface area (Å²) in [5, 5.41) is 8.42. The second-order valence-corrected chi connectivity index (χ2v) is 8.07. The van der Waals surface area contributed by atoms with Gasteiger partial charge in [-0.2, -0.15) is 4.68 Å². The van der Waals surface area contributed by atoms with Crippen molar-refractivity contribution in [2.24, 2.45) is 0 Å². The van der Waals surface area contributed by atoms with E-state index in [9.17, 15) is 9.59 Å². The van der Waals surface area contributed by atoms with Crippen LogP contribution in [-0.2, 0) is 13.2 Å². The molecule has 0 aliphatic heterocycles. The fourth-order valence-corrected chi connectivity index (χ4v) is 3.29. The molecule has 0 aliphatic rings. The second kappa shape index (κ2) is 10.3. The van der Waals surface area contributed by atoms with Crippen LogP contribution in [0.3, 0.4) is 0 Å². The minimum absolute atomic E-state index is 0.225. The zero-order valence-electron chi connectivity index (χ0n) is 17.4. The van der Waals surface area contributed by atoms with E-state index < -0.39 is 0 Å². The van der Waals surface area contributed by atoms with Crippen molar-refractivity contribution in [1.29, 1.82) is 0 Å². The van der Waals surface area contributed by atoms with Crippen LogP contribution in [0.5, 0.6) is 5.88 Å². The van der Waals surface area contributed by atoms with Crippen LogP contribution in [-0.4, -0.2) is 15.7 Å². The Morgan fingerprint density at radius 1 is 0.818 bits per heavy atom. The van der Waals surface area contributed by atoms with Gasteiger partial charge in [0.2, 0.25) is 5.88 Å². The van der Waals surface area contributed by atoms with E-state index >= 15 is 0 Å². The molecule has 0 fully saturated rings. The third-order valence-corrected chi connectivity index (χ3v) is 5.32. The van der Waals surface area contributed by atoms with Crippen molar-refractivity contribution >= 4 is 29.1 Å². The molecule has 166 valence electrons. The summed E-state index contributed by atoms with van der Waals surface area (Å²) in [6.07, 6.45) is 0. The fraction of sp³-hybridized carbons (Fsp3) is 0.0800. The number of ether oxygens (including phenoxy) is 1. The lowest BCUT2D eigenvalue weighted by atomic mass is 10.1. The quantitative estimate of drug-likeness (QED) is 0.402. The van der Waals surface area contributed by atoms with Crippen molar-refractivity contribution in [1.82, 2.24) is 15.1 Å². The van der Waals surface area contributed by atoms with Crippen molar-refractivity contribution in [3.05, 3.63) is 122 Å². The summed E-state index contributed by atoms with van der Waals surface area (Å²) in [6.45, 7) is 0.668. The first-order chi connectivity index (χ1) is 16.0. The normalized spacial score (nSPS) is 10.6. The molecule has 6 nitrogen and oxygen atoms in total. The number of carbonyl (C=O) groups excluding carboxylic acids is 1. The van der Waals surface area contributed by atoms with Gasteiger partial charge in [-0.25, -0.2) is 0 Å². The average Bonchev–Trinajstić information content (AvgIpc) is 2.84. The number of hydrogen-bond donors (Lipinski definition) is 1. The highest BCUT2D eigenvalue weighted by atomic mass is 35.5. The summed E-state index contributed by atoms with van der Waals surface area (Å²) in [5.74, 6) is 0.0752. The predicted octanol–water partition coefficient (Wildman–Crippen LogP) is 5.05. The zero-order valence-corrected chi connectivity index (χ0v) is 18.9. The molecule has 1 N–H and O–H groups in total. The summed E-state index contributed by atoms with van der Waals surface area (Å²) in [5.41, 5.74) is 2.54. The molecule has 0 bridgehead atoms. The maximum atomic E-state index is 12.4. The molecule has 8 heteroatoms. The lowest BCUT2D eigenvalue weighted by Gasteiger charge is -2.10. The minimum atomic E-state index is -0.311. The number of nitrogens with one attached hydrogen (secondary N) is 1. The van der Waals surface area contributed by atoms with Gasteiger partial charge in [0.15, 0.2) is 0 Å². The maximum absolute atomic E-state index is 12.4. The largest absolute Gasteiger partial charge is 0.472 e. The standard InChI is InChI=1S/C25H19Cl2N3O3/c26-20-7-1-17(2-8-20)15-28-25(32)19-5-11-22(12-6-19)30-24(31)14-13-23(29-30)33-16-18-3-9-21(27)10-4-18/h1-14H,15-16H2,(H,28,32). The Bertz CT molecular complexity index is 1300. The van der Waals surface area contributed by atoms with Crippen LogP contribution >= 0.6 is 23.2 Å². The third kappa shape index (κ3) is 6.00. The van der Waals surface area contributed by atoms with Crippen molar-refractivity contribution in [2.75, 3.05) is 0 Å². The lowest BCUT2D eigenvalue weighted by molar-refractivity contribution is 0.0951. The van der Waals surface area contributed by atoms with E-state index in [0.29, 0.717) is 33.7 Å². The highest BCUT2D eigenvalue weighted by Gasteiger charge is 2.09. The number of nitrogens with zero attached hydrogens (tertiary/aromatic N) is 2. The number of hydrogen-bond acceptors (Lipinski definition) is 4. The topological polar surface area (TPSA) is 73.2 Å². The summed E-state index contributed by atoms with van der Waals surface area (Å²) in [7, 11) is 0. The number of benzene rings is 3. The van der Waals surface area contributed by atoms with Crippen LogP contribution in [0.4, 0.5) is 0 Å². The zero-order chi connectivity index (χ0) is 23.2. The number of amides is 1. The average molecular weight is 480 g/mol. The highest BCUT2D eigenvalue weighted by Crippen LogP contribution is 2.14. The Morgan fingerprint density at radius 3 is 2.06 bits per heavy atom. The van der Waals surface area contributed by atoms with Gasteiger partial charge in [0.25, 0.3) is 11.5 Å². The Hall–Kier alpha value is -3.61. The number of aromatic nitrogens is 2. The Balaban J connectivity index is 1.42. The van der Waals surface area contributed by atoms with E-state index in [4.69, 9.17) is 27.9 Å². The minimum Gasteiger partial charge on any atom is -0.472 e. The summed E-state index contributed by atoms with van der Waals surface area (Å²) in [6, 6.07) is 24.0. The molecular weight excluding hydrogens is 461 g/mol. The summed E-state index contributed by atoms with van der Waals surface area (Å²) in [4.78, 5) is 24.8. The molecular formula is C25H19Cl2N3O3. The van der Waals surface area contributed by atoms with Gasteiger partial charge in [0.05, 0.1) is 5.69 Å². The van der Waals surface area contributed by atoms with Crippen LogP contribution in [0.25, 0.3) is 5.69 Å². The highest BCUT2D eigenvalue weighted by molar-refractivity contribution is 6.30. The van der Waals surface area contributed by atoms with Crippen LogP contribution < -0.4 is 15.6 Å². The first-order valence-electron chi connectivity index (χ1n) is 10.1. The molecule has 1 aromatic heterocycles. The molecule has 0 saturated heterocycles. The monoisotopic (exact) mass is 479 g/mol. The van der Waals surface area contributed by atoms with Crippen LogP contribution in [0.1, 0.15) is 21.5 Å². The molecule has 1 heterocycles. The van der Waals surface area contributed by atoms with Crippen LogP contribution in [0.2, 0.25) is 10.0 Å². The van der Waals surface area contributed by atoms with Gasteiger partial charge in [0.1, 0.15) is 6.61 Å². The van der Waals surface area contributed by atoms with Crippen LogP contribution in [0.15, 0.2) is 89.7 Å². The van der Waals surface area contributed by atoms with Crippen molar-refractivity contribution < 1.29 is 9.53 Å². The molecule has 0 spiro atoms.